The SMILES string of the molecule is CC(C)(C)c1ccc(OC(=O)CCCCCCCCCCCCCCCCCO)cc1. The Morgan fingerprint density at radius 3 is 1.45 bits per heavy atom. The number of hydrogen-bond donors (Lipinski definition) is 1. The molecule has 1 aromatic carbocycles. The number of unbranched alkanes of at least 4 members (excludes halogenated alkanes) is 14. The van der Waals surface area contributed by atoms with Gasteiger partial charge in [0.25, 0.3) is 0 Å². The summed E-state index contributed by atoms with van der Waals surface area (Å²) in [4.78, 5) is 12.0. The number of carbonyl (C=O) groups is 1. The third kappa shape index (κ3) is 15.1. The summed E-state index contributed by atoms with van der Waals surface area (Å²) in [6.45, 7) is 6.89. The largest absolute Gasteiger partial charge is 0.427 e. The average molecular weight is 433 g/mol. The van der Waals surface area contributed by atoms with Crippen LogP contribution < -0.4 is 4.74 Å². The van der Waals surface area contributed by atoms with Crippen molar-refractivity contribution in [3.8, 4) is 5.75 Å². The average Bonchev–Trinajstić information content (AvgIpc) is 2.73. The highest BCUT2D eigenvalue weighted by atomic mass is 16.5. The van der Waals surface area contributed by atoms with Crippen LogP contribution in [0, 0.1) is 0 Å². The first-order valence-electron chi connectivity index (χ1n) is 12.9. The molecular formula is C28H48O3. The predicted octanol–water partition coefficient (Wildman–Crippen LogP) is 8.12. The Morgan fingerprint density at radius 1 is 0.677 bits per heavy atom. The smallest absolute Gasteiger partial charge is 0.311 e. The molecule has 0 atom stereocenters. The van der Waals surface area contributed by atoms with E-state index in [2.05, 4.69) is 20.8 Å². The molecule has 0 heterocycles. The lowest BCUT2D eigenvalue weighted by Crippen LogP contribution is -2.11. The van der Waals surface area contributed by atoms with Gasteiger partial charge in [-0.3, -0.25) is 4.79 Å². The molecule has 0 radical (unpaired) electrons. The Hall–Kier alpha value is -1.35. The van der Waals surface area contributed by atoms with E-state index in [9.17, 15) is 4.79 Å². The van der Waals surface area contributed by atoms with Crippen molar-refractivity contribution in [2.75, 3.05) is 6.61 Å². The van der Waals surface area contributed by atoms with Gasteiger partial charge in [-0.05, 0) is 36.0 Å². The van der Waals surface area contributed by atoms with Crippen LogP contribution in [-0.2, 0) is 10.2 Å². The molecule has 3 nitrogen and oxygen atoms in total. The van der Waals surface area contributed by atoms with Crippen LogP contribution >= 0.6 is 0 Å². The maximum absolute atomic E-state index is 12.0. The first kappa shape index (κ1) is 27.7. The topological polar surface area (TPSA) is 46.5 Å². The number of rotatable bonds is 18. The lowest BCUT2D eigenvalue weighted by Gasteiger charge is -2.18. The number of aliphatic hydroxyl groups excluding tert-OH is 1. The van der Waals surface area contributed by atoms with Gasteiger partial charge >= 0.3 is 5.97 Å². The van der Waals surface area contributed by atoms with Crippen molar-refractivity contribution >= 4 is 5.97 Å². The molecule has 0 aromatic heterocycles. The monoisotopic (exact) mass is 432 g/mol. The quantitative estimate of drug-likeness (QED) is 0.145. The number of hydrogen-bond acceptors (Lipinski definition) is 3. The third-order valence-electron chi connectivity index (χ3n) is 5.99. The maximum Gasteiger partial charge on any atom is 0.311 e. The normalized spacial score (nSPS) is 11.6. The summed E-state index contributed by atoms with van der Waals surface area (Å²) in [5, 5.41) is 8.75. The summed E-state index contributed by atoms with van der Waals surface area (Å²) in [6, 6.07) is 7.89. The number of esters is 1. The fraction of sp³-hybridized carbons (Fsp3) is 0.750. The highest BCUT2D eigenvalue weighted by Crippen LogP contribution is 2.24. The number of aliphatic hydroxyl groups is 1. The van der Waals surface area contributed by atoms with E-state index in [1.54, 1.807) is 0 Å². The van der Waals surface area contributed by atoms with Gasteiger partial charge < -0.3 is 9.84 Å². The van der Waals surface area contributed by atoms with Crippen LogP contribution in [0.15, 0.2) is 24.3 Å². The van der Waals surface area contributed by atoms with Gasteiger partial charge in [0.2, 0.25) is 0 Å². The van der Waals surface area contributed by atoms with Gasteiger partial charge in [0.15, 0.2) is 0 Å². The zero-order valence-corrected chi connectivity index (χ0v) is 20.6. The van der Waals surface area contributed by atoms with Crippen LogP contribution in [0.2, 0.25) is 0 Å². The van der Waals surface area contributed by atoms with Gasteiger partial charge in [0.1, 0.15) is 5.75 Å². The van der Waals surface area contributed by atoms with E-state index in [-0.39, 0.29) is 11.4 Å². The van der Waals surface area contributed by atoms with Crippen LogP contribution in [0.1, 0.15) is 129 Å². The summed E-state index contributed by atoms with van der Waals surface area (Å²) in [5.41, 5.74) is 1.36. The van der Waals surface area contributed by atoms with Crippen molar-refractivity contribution in [2.24, 2.45) is 0 Å². The lowest BCUT2D eigenvalue weighted by atomic mass is 9.87. The van der Waals surface area contributed by atoms with Gasteiger partial charge in [-0.1, -0.05) is 116 Å². The van der Waals surface area contributed by atoms with Gasteiger partial charge in [-0.15, -0.1) is 0 Å². The van der Waals surface area contributed by atoms with E-state index in [1.807, 2.05) is 24.3 Å². The third-order valence-corrected chi connectivity index (χ3v) is 5.99. The van der Waals surface area contributed by atoms with Gasteiger partial charge in [-0.25, -0.2) is 0 Å². The summed E-state index contributed by atoms with van der Waals surface area (Å²) in [5.74, 6) is 0.539. The molecule has 0 fully saturated rings. The minimum atomic E-state index is -0.114. The second-order valence-corrected chi connectivity index (χ2v) is 10.0. The van der Waals surface area contributed by atoms with Crippen LogP contribution in [-0.4, -0.2) is 17.7 Å². The van der Waals surface area contributed by atoms with Crippen molar-refractivity contribution < 1.29 is 14.6 Å². The number of benzene rings is 1. The Labute approximate surface area is 192 Å². The molecule has 3 heteroatoms. The van der Waals surface area contributed by atoms with Crippen LogP contribution in [0.3, 0.4) is 0 Å². The van der Waals surface area contributed by atoms with Gasteiger partial charge in [0.05, 0.1) is 0 Å². The van der Waals surface area contributed by atoms with Crippen LogP contribution in [0.25, 0.3) is 0 Å². The highest BCUT2D eigenvalue weighted by Gasteiger charge is 2.13. The fourth-order valence-electron chi connectivity index (χ4n) is 3.88. The lowest BCUT2D eigenvalue weighted by molar-refractivity contribution is -0.134. The predicted molar refractivity (Wildman–Crippen MR) is 132 cm³/mol. The number of carbonyl (C=O) groups excluding carboxylic acids is 1. The van der Waals surface area contributed by atoms with E-state index in [1.165, 1.54) is 82.6 Å². The van der Waals surface area contributed by atoms with Gasteiger partial charge in [-0.2, -0.15) is 0 Å². The summed E-state index contributed by atoms with van der Waals surface area (Å²) in [7, 11) is 0. The molecule has 31 heavy (non-hydrogen) atoms. The first-order chi connectivity index (χ1) is 14.9. The fourth-order valence-corrected chi connectivity index (χ4v) is 3.88. The molecule has 0 amide bonds. The second kappa shape index (κ2) is 17.2. The zero-order chi connectivity index (χ0) is 22.8. The van der Waals surface area contributed by atoms with Crippen LogP contribution in [0.5, 0.6) is 5.75 Å². The molecule has 0 spiro atoms. The molecule has 0 bridgehead atoms. The molecule has 0 aliphatic rings. The van der Waals surface area contributed by atoms with Crippen LogP contribution in [0.4, 0.5) is 0 Å². The minimum Gasteiger partial charge on any atom is -0.427 e. The van der Waals surface area contributed by atoms with Crippen molar-refractivity contribution in [1.82, 2.24) is 0 Å². The van der Waals surface area contributed by atoms with Crippen molar-refractivity contribution in [3.05, 3.63) is 29.8 Å². The Morgan fingerprint density at radius 2 is 1.06 bits per heavy atom. The van der Waals surface area contributed by atoms with E-state index >= 15 is 0 Å². The minimum absolute atomic E-state index is 0.114. The van der Waals surface area contributed by atoms with Crippen molar-refractivity contribution in [2.45, 2.75) is 129 Å². The molecule has 178 valence electrons. The highest BCUT2D eigenvalue weighted by molar-refractivity contribution is 5.72. The second-order valence-electron chi connectivity index (χ2n) is 10.0. The van der Waals surface area contributed by atoms with E-state index in [4.69, 9.17) is 9.84 Å². The standard InChI is InChI=1S/C28H48O3/c1-28(2,3)25-20-22-26(23-21-25)31-27(30)19-17-15-13-11-9-7-5-4-6-8-10-12-14-16-18-24-29/h20-23,29H,4-19,24H2,1-3H3. The Kier molecular flexibility index (Phi) is 15.4. The maximum atomic E-state index is 12.0. The summed E-state index contributed by atoms with van der Waals surface area (Å²) >= 11 is 0. The summed E-state index contributed by atoms with van der Waals surface area (Å²) in [6.07, 6.45) is 19.4. The Bertz CT molecular complexity index is 557. The van der Waals surface area contributed by atoms with E-state index in [0.29, 0.717) is 18.8 Å². The van der Waals surface area contributed by atoms with Gasteiger partial charge in [0, 0.05) is 13.0 Å². The molecule has 1 N–H and O–H groups in total. The van der Waals surface area contributed by atoms with E-state index < -0.39 is 0 Å². The van der Waals surface area contributed by atoms with Crippen molar-refractivity contribution in [1.29, 1.82) is 0 Å². The van der Waals surface area contributed by atoms with E-state index in [0.717, 1.165) is 19.3 Å². The molecule has 1 aromatic rings. The Balaban J connectivity index is 1.89. The molecule has 0 aliphatic heterocycles. The summed E-state index contributed by atoms with van der Waals surface area (Å²) < 4.78 is 5.46. The number of ether oxygens (including phenoxy) is 1. The molecular weight excluding hydrogens is 384 g/mol. The molecule has 0 unspecified atom stereocenters. The molecule has 0 saturated heterocycles. The van der Waals surface area contributed by atoms with Crippen molar-refractivity contribution in [3.63, 3.8) is 0 Å². The molecule has 0 saturated carbocycles. The molecule has 0 aliphatic carbocycles. The first-order valence-corrected chi connectivity index (χ1v) is 12.9. The molecule has 1 rings (SSSR count). The zero-order valence-electron chi connectivity index (χ0n) is 20.6.